The summed E-state index contributed by atoms with van der Waals surface area (Å²) in [6.07, 6.45) is 4.93. The minimum atomic E-state index is -0.204. The molecule has 7 nitrogen and oxygen atoms in total. The Labute approximate surface area is 134 Å². The predicted octanol–water partition coefficient (Wildman–Crippen LogP) is 2.12. The van der Waals surface area contributed by atoms with Gasteiger partial charge in [0.25, 0.3) is 0 Å². The molecule has 1 aromatic carbocycles. The number of methoxy groups -OCH3 is 2. The van der Waals surface area contributed by atoms with E-state index in [1.165, 1.54) is 0 Å². The Bertz CT molecular complexity index is 614. The molecule has 0 aliphatic carbocycles. The van der Waals surface area contributed by atoms with Crippen molar-refractivity contribution in [2.24, 2.45) is 0 Å². The molecule has 0 radical (unpaired) electrons. The van der Waals surface area contributed by atoms with E-state index >= 15 is 0 Å². The zero-order valence-electron chi connectivity index (χ0n) is 13.3. The molecule has 124 valence electrons. The zero-order valence-corrected chi connectivity index (χ0v) is 13.3. The highest BCUT2D eigenvalue weighted by Gasteiger charge is 2.06. The average Bonchev–Trinajstić information content (AvgIpc) is 3.10. The van der Waals surface area contributed by atoms with E-state index in [0.29, 0.717) is 24.6 Å². The molecule has 1 aromatic heterocycles. The molecular formula is C16H21N3O4. The molecule has 2 amide bonds. The monoisotopic (exact) mass is 319 g/mol. The van der Waals surface area contributed by atoms with Crippen LogP contribution in [0.5, 0.6) is 11.5 Å². The predicted molar refractivity (Wildman–Crippen MR) is 84.6 cm³/mol. The van der Waals surface area contributed by atoms with Crippen LogP contribution in [0.1, 0.15) is 17.5 Å². The normalized spacial score (nSPS) is 10.2. The van der Waals surface area contributed by atoms with Crippen LogP contribution < -0.4 is 20.1 Å². The largest absolute Gasteiger partial charge is 0.493 e. The number of carbonyl (C=O) groups is 1. The summed E-state index contributed by atoms with van der Waals surface area (Å²) in [5.41, 5.74) is 1.96. The van der Waals surface area contributed by atoms with Gasteiger partial charge in [0.2, 0.25) is 0 Å². The van der Waals surface area contributed by atoms with E-state index in [2.05, 4.69) is 15.8 Å². The second kappa shape index (κ2) is 8.67. The van der Waals surface area contributed by atoms with Crippen molar-refractivity contribution < 1.29 is 18.8 Å². The lowest BCUT2D eigenvalue weighted by Gasteiger charge is -2.11. The molecule has 0 aliphatic heterocycles. The highest BCUT2D eigenvalue weighted by atomic mass is 16.5. The highest BCUT2D eigenvalue weighted by Crippen LogP contribution is 2.27. The quantitative estimate of drug-likeness (QED) is 0.728. The summed E-state index contributed by atoms with van der Waals surface area (Å²) in [5.74, 6) is 1.30. The van der Waals surface area contributed by atoms with Gasteiger partial charge in [-0.1, -0.05) is 11.2 Å². The minimum absolute atomic E-state index is 0.204. The highest BCUT2D eigenvalue weighted by molar-refractivity contribution is 5.73. The third-order valence-corrected chi connectivity index (χ3v) is 3.31. The smallest absolute Gasteiger partial charge is 0.315 e. The fourth-order valence-electron chi connectivity index (χ4n) is 2.08. The van der Waals surface area contributed by atoms with E-state index in [-0.39, 0.29) is 6.03 Å². The molecule has 0 unspecified atom stereocenters. The van der Waals surface area contributed by atoms with Crippen LogP contribution in [0, 0.1) is 0 Å². The Kier molecular flexibility index (Phi) is 6.28. The van der Waals surface area contributed by atoms with Crippen LogP contribution in [0.2, 0.25) is 0 Å². The Hall–Kier alpha value is -2.70. The first-order valence-electron chi connectivity index (χ1n) is 7.33. The van der Waals surface area contributed by atoms with E-state index in [1.807, 2.05) is 18.2 Å². The summed E-state index contributed by atoms with van der Waals surface area (Å²) in [7, 11) is 3.17. The van der Waals surface area contributed by atoms with Crippen molar-refractivity contribution in [1.29, 1.82) is 0 Å². The first kappa shape index (κ1) is 16.7. The van der Waals surface area contributed by atoms with Crippen molar-refractivity contribution in [2.45, 2.75) is 19.4 Å². The summed E-state index contributed by atoms with van der Waals surface area (Å²) in [6, 6.07) is 5.33. The van der Waals surface area contributed by atoms with Gasteiger partial charge >= 0.3 is 6.03 Å². The lowest BCUT2D eigenvalue weighted by Crippen LogP contribution is -2.35. The molecule has 2 aromatic rings. The van der Waals surface area contributed by atoms with E-state index in [4.69, 9.17) is 14.0 Å². The Morgan fingerprint density at radius 1 is 1.17 bits per heavy atom. The van der Waals surface area contributed by atoms with Gasteiger partial charge in [0.05, 0.1) is 20.4 Å². The van der Waals surface area contributed by atoms with Crippen molar-refractivity contribution in [1.82, 2.24) is 15.8 Å². The summed E-state index contributed by atoms with van der Waals surface area (Å²) in [4.78, 5) is 11.7. The van der Waals surface area contributed by atoms with Gasteiger partial charge in [-0.3, -0.25) is 0 Å². The van der Waals surface area contributed by atoms with Crippen molar-refractivity contribution in [3.8, 4) is 11.5 Å². The Morgan fingerprint density at radius 3 is 2.70 bits per heavy atom. The summed E-state index contributed by atoms with van der Waals surface area (Å²) < 4.78 is 15.2. The molecule has 0 saturated heterocycles. The van der Waals surface area contributed by atoms with E-state index in [9.17, 15) is 4.79 Å². The van der Waals surface area contributed by atoms with E-state index in [0.717, 1.165) is 24.0 Å². The average molecular weight is 319 g/mol. The third-order valence-electron chi connectivity index (χ3n) is 3.31. The van der Waals surface area contributed by atoms with Crippen LogP contribution >= 0.6 is 0 Å². The van der Waals surface area contributed by atoms with Gasteiger partial charge in [0, 0.05) is 18.7 Å². The van der Waals surface area contributed by atoms with Crippen LogP contribution in [0.3, 0.4) is 0 Å². The number of hydrogen-bond acceptors (Lipinski definition) is 5. The maximum atomic E-state index is 11.7. The lowest BCUT2D eigenvalue weighted by molar-refractivity contribution is 0.240. The van der Waals surface area contributed by atoms with Crippen molar-refractivity contribution in [3.63, 3.8) is 0 Å². The minimum Gasteiger partial charge on any atom is -0.493 e. The number of rotatable bonds is 8. The number of hydrogen-bond donors (Lipinski definition) is 2. The number of carbonyl (C=O) groups excluding carboxylic acids is 1. The molecule has 0 bridgehead atoms. The zero-order chi connectivity index (χ0) is 16.5. The Balaban J connectivity index is 1.69. The van der Waals surface area contributed by atoms with Crippen molar-refractivity contribution >= 4 is 6.03 Å². The number of nitrogens with zero attached hydrogens (tertiary/aromatic N) is 1. The van der Waals surface area contributed by atoms with Crippen LogP contribution in [0.25, 0.3) is 0 Å². The molecule has 1 heterocycles. The number of benzene rings is 1. The Morgan fingerprint density at radius 2 is 2.00 bits per heavy atom. The topological polar surface area (TPSA) is 85.6 Å². The number of urea groups is 1. The molecule has 0 saturated carbocycles. The molecule has 2 N–H and O–H groups in total. The van der Waals surface area contributed by atoms with Crippen molar-refractivity contribution in [3.05, 3.63) is 41.8 Å². The lowest BCUT2D eigenvalue weighted by atomic mass is 10.2. The van der Waals surface area contributed by atoms with Gasteiger partial charge in [-0.25, -0.2) is 4.79 Å². The molecule has 0 aliphatic rings. The first-order chi connectivity index (χ1) is 11.2. The van der Waals surface area contributed by atoms with Gasteiger partial charge in [-0.2, -0.15) is 0 Å². The van der Waals surface area contributed by atoms with Gasteiger partial charge in [-0.05, 0) is 30.5 Å². The van der Waals surface area contributed by atoms with Crippen LogP contribution in [0.4, 0.5) is 4.79 Å². The van der Waals surface area contributed by atoms with E-state index < -0.39 is 0 Å². The summed E-state index contributed by atoms with van der Waals surface area (Å²) >= 11 is 0. The molecule has 2 rings (SSSR count). The fraction of sp³-hybridized carbons (Fsp3) is 0.375. The second-order valence-corrected chi connectivity index (χ2v) is 4.94. The maximum Gasteiger partial charge on any atom is 0.315 e. The SMILES string of the molecule is COc1ccc(CNC(=O)NCCCc2cnoc2)cc1OC. The van der Waals surface area contributed by atoms with E-state index in [1.54, 1.807) is 26.7 Å². The summed E-state index contributed by atoms with van der Waals surface area (Å²) in [5, 5.41) is 9.25. The van der Waals surface area contributed by atoms with Crippen LogP contribution in [-0.4, -0.2) is 32.0 Å². The van der Waals surface area contributed by atoms with Gasteiger partial charge in [-0.15, -0.1) is 0 Å². The number of amides is 2. The summed E-state index contributed by atoms with van der Waals surface area (Å²) in [6.45, 7) is 1.00. The van der Waals surface area contributed by atoms with Gasteiger partial charge < -0.3 is 24.6 Å². The third kappa shape index (κ3) is 5.21. The number of ether oxygens (including phenoxy) is 2. The van der Waals surface area contributed by atoms with Crippen LogP contribution in [0.15, 0.2) is 35.2 Å². The maximum absolute atomic E-state index is 11.7. The fourth-order valence-corrected chi connectivity index (χ4v) is 2.08. The molecule has 0 spiro atoms. The standard InChI is InChI=1S/C16H21N3O4/c1-21-14-6-5-12(8-15(14)22-2)9-18-16(20)17-7-3-4-13-10-19-23-11-13/h5-6,8,10-11H,3-4,7,9H2,1-2H3,(H2,17,18,20). The molecule has 7 heteroatoms. The van der Waals surface area contributed by atoms with Gasteiger partial charge in [0.1, 0.15) is 6.26 Å². The molecular weight excluding hydrogens is 298 g/mol. The van der Waals surface area contributed by atoms with Crippen LogP contribution in [-0.2, 0) is 13.0 Å². The van der Waals surface area contributed by atoms with Crippen molar-refractivity contribution in [2.75, 3.05) is 20.8 Å². The first-order valence-corrected chi connectivity index (χ1v) is 7.33. The number of aryl methyl sites for hydroxylation is 1. The molecule has 0 atom stereocenters. The second-order valence-electron chi connectivity index (χ2n) is 4.94. The molecule has 23 heavy (non-hydrogen) atoms. The number of aromatic nitrogens is 1. The molecule has 0 fully saturated rings. The van der Waals surface area contributed by atoms with Gasteiger partial charge in [0.15, 0.2) is 11.5 Å². The number of nitrogens with one attached hydrogen (secondary N) is 2.